The van der Waals surface area contributed by atoms with Gasteiger partial charge in [0, 0.05) is 55.1 Å². The average molecular weight is 577 g/mol. The fourth-order valence-electron chi connectivity index (χ4n) is 3.98. The van der Waals surface area contributed by atoms with Crippen LogP contribution in [0.3, 0.4) is 0 Å². The van der Waals surface area contributed by atoms with Gasteiger partial charge in [-0.25, -0.2) is 14.8 Å². The van der Waals surface area contributed by atoms with E-state index in [0.717, 1.165) is 40.1 Å². The molecule has 1 fully saturated rings. The molecule has 1 unspecified atom stereocenters. The van der Waals surface area contributed by atoms with Gasteiger partial charge in [-0.15, -0.1) is 0 Å². The Labute approximate surface area is 208 Å². The van der Waals surface area contributed by atoms with E-state index in [2.05, 4.69) is 35.6 Å². The molecule has 0 N–H and O–H groups in total. The van der Waals surface area contributed by atoms with Crippen molar-refractivity contribution in [2.45, 2.75) is 38.9 Å². The first-order valence-electron chi connectivity index (χ1n) is 10.7. The second-order valence-corrected chi connectivity index (χ2v) is 10.7. The van der Waals surface area contributed by atoms with Crippen LogP contribution in [0.15, 0.2) is 49.1 Å². The highest BCUT2D eigenvalue weighted by Crippen LogP contribution is 2.30. The molecule has 0 aliphatic carbocycles. The lowest BCUT2D eigenvalue weighted by atomic mass is 10.1. The van der Waals surface area contributed by atoms with Gasteiger partial charge in [0.2, 0.25) is 0 Å². The fraction of sp³-hybridized carbons (Fsp3) is 0.348. The maximum Gasteiger partial charge on any atom is 0.410 e. The topological polar surface area (TPSA) is 73.9 Å². The number of hydrogen-bond acceptors (Lipinski definition) is 6. The number of benzene rings is 1. The number of hydrogen-bond donors (Lipinski definition) is 0. The Morgan fingerprint density at radius 3 is 2.67 bits per heavy atom. The van der Waals surface area contributed by atoms with Crippen LogP contribution in [-0.2, 0) is 4.74 Å². The maximum atomic E-state index is 12.3. The molecule has 1 aliphatic rings. The van der Waals surface area contributed by atoms with Crippen LogP contribution in [0, 0.1) is 0 Å². The molecule has 172 valence electrons. The molecule has 1 atom stereocenters. The van der Waals surface area contributed by atoms with Gasteiger partial charge >= 0.3 is 6.09 Å². The highest BCUT2D eigenvalue weighted by atomic mass is 127. The van der Waals surface area contributed by atoms with Crippen LogP contribution in [0.4, 0.5) is 4.79 Å². The number of carbonyl (C=O) groups is 1. The highest BCUT2D eigenvalue weighted by Gasteiger charge is 2.30. The molecule has 3 aromatic heterocycles. The van der Waals surface area contributed by atoms with Gasteiger partial charge in [0.05, 0.1) is 29.5 Å². The second-order valence-electron chi connectivity index (χ2n) is 9.01. The molecule has 1 saturated heterocycles. The van der Waals surface area contributed by atoms with E-state index in [1.807, 2.05) is 73.8 Å². The molecule has 1 aromatic carbocycles. The van der Waals surface area contributed by atoms with Crippen LogP contribution < -0.4 is 4.74 Å². The summed E-state index contributed by atoms with van der Waals surface area (Å²) in [6, 6.07) is 9.96. The lowest BCUT2D eigenvalue weighted by molar-refractivity contribution is 0.0275. The van der Waals surface area contributed by atoms with Gasteiger partial charge in [-0.3, -0.25) is 8.37 Å². The molecule has 0 radical (unpaired) electrons. The van der Waals surface area contributed by atoms with Crippen LogP contribution >= 0.6 is 30.3 Å². The highest BCUT2D eigenvalue weighted by molar-refractivity contribution is 14.2. The summed E-state index contributed by atoms with van der Waals surface area (Å²) in [7, 11) is 1.58. The second kappa shape index (κ2) is 8.71. The van der Waals surface area contributed by atoms with Crippen molar-refractivity contribution in [2.24, 2.45) is 0 Å². The van der Waals surface area contributed by atoms with E-state index in [0.29, 0.717) is 13.1 Å². The van der Waals surface area contributed by atoms with Gasteiger partial charge in [-0.1, -0.05) is 0 Å². The average Bonchev–Trinajstić information content (AvgIpc) is 3.50. The molecule has 10 heteroatoms. The summed E-state index contributed by atoms with van der Waals surface area (Å²) >= 11 is 2.24. The van der Waals surface area contributed by atoms with Crippen molar-refractivity contribution < 1.29 is 14.3 Å². The smallest absolute Gasteiger partial charge is 0.410 e. The minimum absolute atomic E-state index is 0.0471. The van der Waals surface area contributed by atoms with Gasteiger partial charge in [0.25, 0.3) is 0 Å². The van der Waals surface area contributed by atoms with Crippen molar-refractivity contribution in [1.82, 2.24) is 23.2 Å². The summed E-state index contributed by atoms with van der Waals surface area (Å²) in [5.74, 6) is 0.773. The molecule has 4 heterocycles. The van der Waals surface area contributed by atoms with Crippen molar-refractivity contribution in [3.05, 3.63) is 49.1 Å². The Morgan fingerprint density at radius 1 is 1.15 bits per heavy atom. The number of halogens is 1. The zero-order valence-electron chi connectivity index (χ0n) is 18.6. The standard InChI is InChI=1S/C23H24IN5O3S/c1-23(2,3)32-22(30)27-10-8-17(13-27)31-16-6-4-15(5-7-16)20-19-12-25-21-18(28(19)14-26-20)9-11-29(21)33-24/h4-7,9,11-12,14,17H,8,10,13H2,1-3H3. The molecule has 0 spiro atoms. The number of amides is 1. The predicted molar refractivity (Wildman–Crippen MR) is 138 cm³/mol. The molecule has 8 nitrogen and oxygen atoms in total. The molecule has 33 heavy (non-hydrogen) atoms. The van der Waals surface area contributed by atoms with Crippen molar-refractivity contribution in [3.63, 3.8) is 0 Å². The van der Waals surface area contributed by atoms with Gasteiger partial charge in [-0.2, -0.15) is 0 Å². The maximum absolute atomic E-state index is 12.3. The van der Waals surface area contributed by atoms with E-state index in [9.17, 15) is 4.79 Å². The minimum Gasteiger partial charge on any atom is -0.489 e. The van der Waals surface area contributed by atoms with Gasteiger partial charge in [0.1, 0.15) is 23.8 Å². The SMILES string of the molecule is CC(C)(C)OC(=O)N1CCC(Oc2ccc(-c3ncn4c3cnc3c4ccn3SI)cc2)C1. The number of likely N-dealkylation sites (tertiary alicyclic amines) is 1. The van der Waals surface area contributed by atoms with Crippen LogP contribution in [0.2, 0.25) is 0 Å². The molecule has 4 aromatic rings. The van der Waals surface area contributed by atoms with E-state index >= 15 is 0 Å². The Balaban J connectivity index is 1.29. The zero-order chi connectivity index (χ0) is 23.2. The monoisotopic (exact) mass is 577 g/mol. The Kier molecular flexibility index (Phi) is 5.89. The van der Waals surface area contributed by atoms with E-state index in [1.54, 1.807) is 14.0 Å². The number of nitrogens with zero attached hydrogens (tertiary/aromatic N) is 5. The van der Waals surface area contributed by atoms with Crippen LogP contribution in [-0.4, -0.2) is 54.1 Å². The number of fused-ring (bicyclic) bond motifs is 3. The van der Waals surface area contributed by atoms with E-state index in [-0.39, 0.29) is 12.2 Å². The zero-order valence-corrected chi connectivity index (χ0v) is 21.5. The number of imidazole rings is 1. The first kappa shape index (κ1) is 22.3. The Bertz CT molecular complexity index is 1310. The third kappa shape index (κ3) is 4.50. The Morgan fingerprint density at radius 2 is 1.94 bits per heavy atom. The fourth-order valence-corrected chi connectivity index (χ4v) is 5.25. The van der Waals surface area contributed by atoms with Crippen molar-refractivity contribution in [3.8, 4) is 17.0 Å². The van der Waals surface area contributed by atoms with Gasteiger partial charge in [-0.05, 0) is 51.1 Å². The number of rotatable bonds is 4. The summed E-state index contributed by atoms with van der Waals surface area (Å²) < 4.78 is 15.7. The first-order valence-corrected chi connectivity index (χ1v) is 14.0. The Hall–Kier alpha value is -2.47. The molecule has 0 saturated carbocycles. The number of aromatic nitrogens is 4. The quantitative estimate of drug-likeness (QED) is 0.295. The third-order valence-corrected chi connectivity index (χ3v) is 7.20. The summed E-state index contributed by atoms with van der Waals surface area (Å²) in [4.78, 5) is 23.3. The van der Waals surface area contributed by atoms with Crippen LogP contribution in [0.5, 0.6) is 5.75 Å². The largest absolute Gasteiger partial charge is 0.489 e. The van der Waals surface area contributed by atoms with Gasteiger partial charge in [0.15, 0.2) is 5.65 Å². The molecular weight excluding hydrogens is 553 g/mol. The lowest BCUT2D eigenvalue weighted by Crippen LogP contribution is -2.36. The van der Waals surface area contributed by atoms with E-state index in [1.165, 1.54) is 0 Å². The molecular formula is C23H24IN5O3S. The predicted octanol–water partition coefficient (Wildman–Crippen LogP) is 5.59. The summed E-state index contributed by atoms with van der Waals surface area (Å²) in [6.45, 7) is 6.78. The summed E-state index contributed by atoms with van der Waals surface area (Å²) in [5.41, 5.74) is 4.26. The summed E-state index contributed by atoms with van der Waals surface area (Å²) in [5, 5.41) is 0. The number of carbonyl (C=O) groups excluding carboxylic acids is 1. The van der Waals surface area contributed by atoms with Crippen molar-refractivity contribution in [2.75, 3.05) is 13.1 Å². The molecule has 5 rings (SSSR count). The van der Waals surface area contributed by atoms with Gasteiger partial charge < -0.3 is 14.4 Å². The third-order valence-electron chi connectivity index (χ3n) is 5.48. The van der Waals surface area contributed by atoms with Crippen LogP contribution in [0.25, 0.3) is 27.9 Å². The van der Waals surface area contributed by atoms with Crippen LogP contribution in [0.1, 0.15) is 27.2 Å². The van der Waals surface area contributed by atoms with Crippen molar-refractivity contribution in [1.29, 1.82) is 0 Å². The molecule has 0 bridgehead atoms. The molecule has 1 amide bonds. The molecule has 1 aliphatic heterocycles. The normalized spacial score (nSPS) is 16.6. The first-order chi connectivity index (χ1) is 15.8. The summed E-state index contributed by atoms with van der Waals surface area (Å²) in [6.07, 6.45) is 6.16. The van der Waals surface area contributed by atoms with E-state index < -0.39 is 5.60 Å². The van der Waals surface area contributed by atoms with E-state index in [4.69, 9.17) is 9.47 Å². The number of ether oxygens (including phenoxy) is 2. The minimum atomic E-state index is -0.497. The lowest BCUT2D eigenvalue weighted by Gasteiger charge is -2.24. The van der Waals surface area contributed by atoms with Crippen molar-refractivity contribution >= 4 is 53.1 Å².